The summed E-state index contributed by atoms with van der Waals surface area (Å²) in [5.41, 5.74) is 5.70. The summed E-state index contributed by atoms with van der Waals surface area (Å²) in [6, 6.07) is 0.202. The van der Waals surface area contributed by atoms with E-state index < -0.39 is 12.0 Å². The van der Waals surface area contributed by atoms with Gasteiger partial charge in [0.2, 0.25) is 5.95 Å². The molecule has 1 aromatic heterocycles. The van der Waals surface area contributed by atoms with Crippen LogP contribution < -0.4 is 16.4 Å². The Hall–Kier alpha value is -1.93. The zero-order chi connectivity index (χ0) is 18.5. The Bertz CT molecular complexity index is 619. The number of nitrogens with one attached hydrogen (secondary N) is 2. The molecule has 2 atom stereocenters. The molecule has 8 heteroatoms. The average molecular weight is 363 g/mol. The van der Waals surface area contributed by atoms with Gasteiger partial charge in [-0.15, -0.1) is 0 Å². The van der Waals surface area contributed by atoms with Crippen LogP contribution in [0, 0.1) is 5.92 Å². The highest BCUT2D eigenvalue weighted by Crippen LogP contribution is 2.27. The van der Waals surface area contributed by atoms with Crippen LogP contribution in [0.1, 0.15) is 55.3 Å². The van der Waals surface area contributed by atoms with E-state index >= 15 is 0 Å². The number of primary amides is 1. The van der Waals surface area contributed by atoms with Gasteiger partial charge in [0, 0.05) is 26.0 Å². The summed E-state index contributed by atoms with van der Waals surface area (Å²) in [6.45, 7) is 0.814. The van der Waals surface area contributed by atoms with E-state index in [1.54, 1.807) is 7.11 Å². The van der Waals surface area contributed by atoms with Gasteiger partial charge in [0.25, 0.3) is 5.91 Å². The second kappa shape index (κ2) is 8.64. The molecule has 2 fully saturated rings. The van der Waals surface area contributed by atoms with Crippen LogP contribution >= 0.6 is 0 Å². The van der Waals surface area contributed by atoms with E-state index in [-0.39, 0.29) is 11.6 Å². The molecule has 1 amide bonds. The number of anilines is 2. The molecule has 2 aliphatic rings. The molecule has 2 saturated carbocycles. The zero-order valence-electron chi connectivity index (χ0n) is 15.3. The fourth-order valence-corrected chi connectivity index (χ4v) is 3.92. The molecule has 0 aromatic carbocycles. The third-order valence-corrected chi connectivity index (χ3v) is 5.44. The van der Waals surface area contributed by atoms with Crippen molar-refractivity contribution < 1.29 is 14.6 Å². The molecule has 0 bridgehead atoms. The predicted octanol–water partition coefficient (Wildman–Crippen LogP) is 1.52. The van der Waals surface area contributed by atoms with Gasteiger partial charge in [-0.25, -0.2) is 4.98 Å². The van der Waals surface area contributed by atoms with E-state index in [2.05, 4.69) is 20.6 Å². The molecule has 0 spiro atoms. The molecule has 1 heterocycles. The van der Waals surface area contributed by atoms with Crippen molar-refractivity contribution in [1.29, 1.82) is 0 Å². The van der Waals surface area contributed by atoms with E-state index in [4.69, 9.17) is 10.5 Å². The summed E-state index contributed by atoms with van der Waals surface area (Å²) in [5, 5.41) is 16.6. The van der Waals surface area contributed by atoms with Gasteiger partial charge in [-0.3, -0.25) is 4.79 Å². The number of aliphatic hydroxyl groups excluding tert-OH is 1. The molecule has 2 aliphatic carbocycles. The summed E-state index contributed by atoms with van der Waals surface area (Å²) in [6.07, 6.45) is 7.88. The number of rotatable bonds is 7. The predicted molar refractivity (Wildman–Crippen MR) is 99.1 cm³/mol. The summed E-state index contributed by atoms with van der Waals surface area (Å²) >= 11 is 0. The molecule has 144 valence electrons. The van der Waals surface area contributed by atoms with Crippen molar-refractivity contribution in [3.8, 4) is 0 Å². The van der Waals surface area contributed by atoms with E-state index in [1.807, 2.05) is 0 Å². The minimum atomic E-state index is -0.577. The number of hydrogen-bond acceptors (Lipinski definition) is 7. The molecule has 0 aliphatic heterocycles. The van der Waals surface area contributed by atoms with Crippen molar-refractivity contribution >= 4 is 17.7 Å². The Labute approximate surface area is 153 Å². The van der Waals surface area contributed by atoms with Gasteiger partial charge >= 0.3 is 0 Å². The lowest BCUT2D eigenvalue weighted by molar-refractivity contribution is 0.1000. The number of methoxy groups -OCH3 is 1. The Morgan fingerprint density at radius 3 is 2.65 bits per heavy atom. The smallest absolute Gasteiger partial charge is 0.254 e. The lowest BCUT2D eigenvalue weighted by Crippen LogP contribution is -2.31. The van der Waals surface area contributed by atoms with Gasteiger partial charge in [0.15, 0.2) is 0 Å². The Morgan fingerprint density at radius 1 is 1.27 bits per heavy atom. The quantitative estimate of drug-likeness (QED) is 0.579. The summed E-state index contributed by atoms with van der Waals surface area (Å²) in [5.74, 6) is 0.929. The first-order chi connectivity index (χ1) is 12.6. The molecule has 0 radical (unpaired) electrons. The molecule has 1 aromatic rings. The van der Waals surface area contributed by atoms with Gasteiger partial charge in [0.1, 0.15) is 5.82 Å². The van der Waals surface area contributed by atoms with Crippen LogP contribution in [-0.2, 0) is 4.74 Å². The van der Waals surface area contributed by atoms with Crippen LogP contribution in [0.4, 0.5) is 11.8 Å². The maximum absolute atomic E-state index is 11.7. The fraction of sp³-hybridized carbons (Fsp3) is 0.722. The normalized spacial score (nSPS) is 28.7. The Balaban J connectivity index is 1.66. The summed E-state index contributed by atoms with van der Waals surface area (Å²) < 4.78 is 5.24. The Morgan fingerprint density at radius 2 is 2.04 bits per heavy atom. The second-order valence-corrected chi connectivity index (χ2v) is 7.39. The first-order valence-corrected chi connectivity index (χ1v) is 9.43. The molecule has 3 rings (SSSR count). The minimum absolute atomic E-state index is 0.111. The van der Waals surface area contributed by atoms with E-state index in [0.717, 1.165) is 51.6 Å². The molecule has 1 unspecified atom stereocenters. The first-order valence-electron chi connectivity index (χ1n) is 9.43. The number of aromatic nitrogens is 2. The summed E-state index contributed by atoms with van der Waals surface area (Å²) in [4.78, 5) is 20.4. The number of aliphatic hydroxyl groups is 1. The maximum atomic E-state index is 11.7. The molecular formula is C18H29N5O3. The van der Waals surface area contributed by atoms with E-state index in [1.165, 1.54) is 6.20 Å². The SMILES string of the molecule is COC[C@H]1CC[C@H](Nc2ncc(C(N)=O)c(N[C@H]3CCCC3O)n2)CC1. The zero-order valence-corrected chi connectivity index (χ0v) is 15.3. The standard InChI is InChI=1S/C18H29N5O3/c1-26-10-11-5-7-12(8-6-11)21-18-20-9-13(16(19)25)17(23-18)22-14-3-2-4-15(14)24/h9,11-12,14-15,24H,2-8,10H2,1H3,(H2,19,25)(H2,20,21,22,23)/t11-,12-,14-,15?/m0/s1. The number of hydrogen-bond donors (Lipinski definition) is 4. The van der Waals surface area contributed by atoms with Gasteiger partial charge in [-0.2, -0.15) is 4.98 Å². The van der Waals surface area contributed by atoms with E-state index in [9.17, 15) is 9.90 Å². The van der Waals surface area contributed by atoms with Gasteiger partial charge in [-0.1, -0.05) is 0 Å². The minimum Gasteiger partial charge on any atom is -0.391 e. The third-order valence-electron chi connectivity index (χ3n) is 5.44. The molecule has 5 N–H and O–H groups in total. The first kappa shape index (κ1) is 18.8. The number of nitrogens with zero attached hydrogens (tertiary/aromatic N) is 2. The van der Waals surface area contributed by atoms with Gasteiger partial charge in [0.05, 0.1) is 17.7 Å². The van der Waals surface area contributed by atoms with Crippen LogP contribution in [-0.4, -0.2) is 52.9 Å². The maximum Gasteiger partial charge on any atom is 0.254 e. The van der Waals surface area contributed by atoms with Crippen molar-refractivity contribution in [1.82, 2.24) is 9.97 Å². The second-order valence-electron chi connectivity index (χ2n) is 7.39. The van der Waals surface area contributed by atoms with Crippen molar-refractivity contribution in [2.24, 2.45) is 11.7 Å². The number of carbonyl (C=O) groups excluding carboxylic acids is 1. The van der Waals surface area contributed by atoms with Crippen LogP contribution in [0.15, 0.2) is 6.20 Å². The Kier molecular flexibility index (Phi) is 6.26. The molecule has 8 nitrogen and oxygen atoms in total. The lowest BCUT2D eigenvalue weighted by atomic mass is 9.86. The number of nitrogens with two attached hydrogens (primary N) is 1. The third kappa shape index (κ3) is 4.62. The largest absolute Gasteiger partial charge is 0.391 e. The molecule has 26 heavy (non-hydrogen) atoms. The van der Waals surface area contributed by atoms with Crippen LogP contribution in [0.5, 0.6) is 0 Å². The molecular weight excluding hydrogens is 334 g/mol. The van der Waals surface area contributed by atoms with Gasteiger partial charge < -0.3 is 26.2 Å². The van der Waals surface area contributed by atoms with Gasteiger partial charge in [-0.05, 0) is 50.9 Å². The number of ether oxygens (including phenoxy) is 1. The highest BCUT2D eigenvalue weighted by atomic mass is 16.5. The molecule has 0 saturated heterocycles. The lowest BCUT2D eigenvalue weighted by Gasteiger charge is -2.28. The monoisotopic (exact) mass is 363 g/mol. The highest BCUT2D eigenvalue weighted by molar-refractivity contribution is 5.97. The van der Waals surface area contributed by atoms with Crippen molar-refractivity contribution in [2.75, 3.05) is 24.4 Å². The topological polar surface area (TPSA) is 122 Å². The highest BCUT2D eigenvalue weighted by Gasteiger charge is 2.27. The summed E-state index contributed by atoms with van der Waals surface area (Å²) in [7, 11) is 1.74. The number of amides is 1. The van der Waals surface area contributed by atoms with Crippen LogP contribution in [0.2, 0.25) is 0 Å². The van der Waals surface area contributed by atoms with Crippen molar-refractivity contribution in [2.45, 2.75) is 63.1 Å². The van der Waals surface area contributed by atoms with Crippen LogP contribution in [0.25, 0.3) is 0 Å². The number of carbonyl (C=O) groups is 1. The van der Waals surface area contributed by atoms with Crippen molar-refractivity contribution in [3.05, 3.63) is 11.8 Å². The van der Waals surface area contributed by atoms with Crippen molar-refractivity contribution in [3.63, 3.8) is 0 Å². The average Bonchev–Trinajstić information content (AvgIpc) is 3.02. The fourth-order valence-electron chi connectivity index (χ4n) is 3.92. The van der Waals surface area contributed by atoms with Crippen LogP contribution in [0.3, 0.4) is 0 Å². The van der Waals surface area contributed by atoms with E-state index in [0.29, 0.717) is 23.7 Å².